The molecule has 7 nitrogen and oxygen atoms in total. The van der Waals surface area contributed by atoms with E-state index < -0.39 is 0 Å². The van der Waals surface area contributed by atoms with Crippen LogP contribution in [-0.2, 0) is 81.1 Å². The van der Waals surface area contributed by atoms with Crippen LogP contribution in [0.2, 0.25) is 0 Å². The molecule has 7 heteroatoms. The van der Waals surface area contributed by atoms with Gasteiger partial charge in [0.25, 0.3) is 0 Å². The summed E-state index contributed by atoms with van der Waals surface area (Å²) in [6.07, 6.45) is 1.02. The molecule has 0 heterocycles. The molecule has 0 aliphatic rings. The molecule has 306 valence electrons. The van der Waals surface area contributed by atoms with Gasteiger partial charge in [0.15, 0.2) is 0 Å². The minimum Gasteiger partial charge on any atom is -0.461 e. The Hall–Kier alpha value is -3.07. The lowest BCUT2D eigenvalue weighted by Gasteiger charge is -2.26. The van der Waals surface area contributed by atoms with Crippen LogP contribution < -0.4 is 0 Å². The Balaban J connectivity index is 1.19. The summed E-state index contributed by atoms with van der Waals surface area (Å²) in [7, 11) is 0. The molecule has 0 fully saturated rings. The van der Waals surface area contributed by atoms with Crippen molar-refractivity contribution in [3.8, 4) is 0 Å². The topological polar surface area (TPSA) is 72.5 Å². The van der Waals surface area contributed by atoms with Gasteiger partial charge in [-0.25, -0.2) is 0 Å². The highest BCUT2D eigenvalue weighted by atomic mass is 16.6. The summed E-state index contributed by atoms with van der Waals surface area (Å²) in [5.74, 6) is -0.186. The quantitative estimate of drug-likeness (QED) is 0.0791. The van der Waals surface area contributed by atoms with Crippen LogP contribution in [0.5, 0.6) is 0 Å². The Morgan fingerprint density at radius 2 is 0.709 bits per heavy atom. The van der Waals surface area contributed by atoms with Crippen molar-refractivity contribution in [3.05, 3.63) is 105 Å². The normalized spacial score (nSPS) is 12.7. The highest BCUT2D eigenvalue weighted by Crippen LogP contribution is 2.32. The molecule has 0 amide bonds. The minimum absolute atomic E-state index is 0.0457. The van der Waals surface area contributed by atoms with Crippen molar-refractivity contribution < 1.29 is 33.2 Å². The van der Waals surface area contributed by atoms with Gasteiger partial charge in [0, 0.05) is 6.42 Å². The van der Waals surface area contributed by atoms with E-state index in [-0.39, 0.29) is 34.2 Å². The summed E-state index contributed by atoms with van der Waals surface area (Å²) in [6.45, 7) is 32.3. The molecule has 3 aromatic rings. The summed E-state index contributed by atoms with van der Waals surface area (Å²) in [5.41, 5.74) is 9.93. The molecule has 0 N–H and O–H groups in total. The maximum absolute atomic E-state index is 12.6. The Morgan fingerprint density at radius 3 is 1.07 bits per heavy atom. The average Bonchev–Trinajstić information content (AvgIpc) is 3.10. The van der Waals surface area contributed by atoms with E-state index in [0.717, 1.165) is 11.1 Å². The van der Waals surface area contributed by atoms with E-state index in [1.165, 1.54) is 33.4 Å². The first-order chi connectivity index (χ1) is 25.7. The molecule has 0 aliphatic carbocycles. The van der Waals surface area contributed by atoms with Crippen molar-refractivity contribution in [2.75, 3.05) is 52.9 Å². The number of hydrogen-bond acceptors (Lipinski definition) is 7. The van der Waals surface area contributed by atoms with E-state index in [4.69, 9.17) is 28.4 Å². The van der Waals surface area contributed by atoms with Crippen LogP contribution in [0, 0.1) is 0 Å². The summed E-state index contributed by atoms with van der Waals surface area (Å²) in [4.78, 5) is 12.6. The van der Waals surface area contributed by atoms with Gasteiger partial charge in [0.2, 0.25) is 0 Å². The molecular formula is C48H72O7. The number of aryl methyl sites for hydroxylation is 1. The van der Waals surface area contributed by atoms with Gasteiger partial charge in [0.05, 0.1) is 66.1 Å². The molecule has 3 rings (SSSR count). The van der Waals surface area contributed by atoms with Gasteiger partial charge in [-0.2, -0.15) is 0 Å². The Bertz CT molecular complexity index is 1520. The molecule has 55 heavy (non-hydrogen) atoms. The highest BCUT2D eigenvalue weighted by Gasteiger charge is 2.22. The van der Waals surface area contributed by atoms with Crippen molar-refractivity contribution in [3.63, 3.8) is 0 Å². The van der Waals surface area contributed by atoms with E-state index in [2.05, 4.69) is 119 Å². The summed E-state index contributed by atoms with van der Waals surface area (Å²) in [5, 5.41) is 0. The molecular weight excluding hydrogens is 689 g/mol. The number of hydrogen-bond donors (Lipinski definition) is 0. The van der Waals surface area contributed by atoms with Crippen LogP contribution in [0.3, 0.4) is 0 Å². The fraction of sp³-hybridized carbons (Fsp3) is 0.604. The molecule has 0 saturated heterocycles. The molecule has 0 aliphatic heterocycles. The van der Waals surface area contributed by atoms with Crippen molar-refractivity contribution in [1.29, 1.82) is 0 Å². The van der Waals surface area contributed by atoms with Gasteiger partial charge in [-0.15, -0.1) is 0 Å². The van der Waals surface area contributed by atoms with E-state index >= 15 is 0 Å². The zero-order chi connectivity index (χ0) is 40.7. The third-order valence-corrected chi connectivity index (χ3v) is 9.52. The molecule has 0 spiro atoms. The number of carbonyl (C=O) groups is 1. The maximum Gasteiger partial charge on any atom is 0.306 e. The number of ether oxygens (including phenoxy) is 6. The van der Waals surface area contributed by atoms with E-state index in [1.807, 2.05) is 24.3 Å². The largest absolute Gasteiger partial charge is 0.461 e. The maximum atomic E-state index is 12.6. The highest BCUT2D eigenvalue weighted by molar-refractivity contribution is 5.69. The summed E-state index contributed by atoms with van der Waals surface area (Å²) >= 11 is 0. The Kier molecular flexibility index (Phi) is 18.1. The number of benzene rings is 3. The fourth-order valence-electron chi connectivity index (χ4n) is 5.72. The van der Waals surface area contributed by atoms with E-state index in [0.29, 0.717) is 78.9 Å². The molecule has 3 aromatic carbocycles. The van der Waals surface area contributed by atoms with Crippen LogP contribution in [-0.4, -0.2) is 58.8 Å². The van der Waals surface area contributed by atoms with Crippen molar-refractivity contribution >= 4 is 5.97 Å². The first kappa shape index (κ1) is 46.3. The van der Waals surface area contributed by atoms with Crippen LogP contribution >= 0.6 is 0 Å². The van der Waals surface area contributed by atoms with Crippen molar-refractivity contribution in [2.45, 2.75) is 137 Å². The lowest BCUT2D eigenvalue weighted by molar-refractivity contribution is -0.144. The summed E-state index contributed by atoms with van der Waals surface area (Å²) < 4.78 is 34.2. The Labute approximate surface area is 333 Å². The number of carbonyl (C=O) groups excluding carboxylic acids is 1. The van der Waals surface area contributed by atoms with Crippen LogP contribution in [0.15, 0.2) is 60.7 Å². The molecule has 0 radical (unpaired) electrons. The van der Waals surface area contributed by atoms with Gasteiger partial charge in [-0.1, -0.05) is 144 Å². The second-order valence-corrected chi connectivity index (χ2v) is 18.8. The van der Waals surface area contributed by atoms with Gasteiger partial charge in [0.1, 0.15) is 6.61 Å². The number of rotatable bonds is 21. The predicted molar refractivity (Wildman–Crippen MR) is 224 cm³/mol. The van der Waals surface area contributed by atoms with E-state index in [1.54, 1.807) is 0 Å². The van der Waals surface area contributed by atoms with Crippen LogP contribution in [0.4, 0.5) is 0 Å². The van der Waals surface area contributed by atoms with Gasteiger partial charge in [-0.05, 0) is 72.6 Å². The molecule has 0 atom stereocenters. The molecule has 0 aromatic heterocycles. The van der Waals surface area contributed by atoms with E-state index in [9.17, 15) is 4.79 Å². The average molecular weight is 761 g/mol. The van der Waals surface area contributed by atoms with Gasteiger partial charge in [-0.3, -0.25) is 4.79 Å². The second-order valence-electron chi connectivity index (χ2n) is 18.8. The number of esters is 1. The molecule has 0 saturated carbocycles. The fourth-order valence-corrected chi connectivity index (χ4v) is 5.72. The predicted octanol–water partition coefficient (Wildman–Crippen LogP) is 10.3. The van der Waals surface area contributed by atoms with Crippen molar-refractivity contribution in [1.82, 2.24) is 0 Å². The molecule has 0 unspecified atom stereocenters. The zero-order valence-corrected chi connectivity index (χ0v) is 36.3. The SMILES string of the molecule is CC(C)(C)c1cc(CCC(=O)OCc2ccc(COCCOCCOCCOCCOCc3cc(C(C)(C)C)cc(C(C)(C)C)c3)cc2)cc(C(C)(C)C)c1. The summed E-state index contributed by atoms with van der Waals surface area (Å²) in [6, 6.07) is 21.6. The van der Waals surface area contributed by atoms with Gasteiger partial charge < -0.3 is 28.4 Å². The first-order valence-corrected chi connectivity index (χ1v) is 20.1. The lowest BCUT2D eigenvalue weighted by atomic mass is 9.79. The van der Waals surface area contributed by atoms with Crippen LogP contribution in [0.1, 0.15) is 134 Å². The monoisotopic (exact) mass is 761 g/mol. The lowest BCUT2D eigenvalue weighted by Crippen LogP contribution is -2.17. The standard InChI is InChI=1S/C48H72O7/c1-45(2,3)40-27-38(28-41(31-40)46(4,5)6)17-18-44(49)55-35-37-15-13-36(14-16-37)33-53-25-23-51-21-19-50-20-22-52-24-26-54-34-39-29-42(47(7,8)9)32-43(30-39)48(10,11)12/h13-16,27-32H,17-26,33-35H2,1-12H3. The van der Waals surface area contributed by atoms with Crippen LogP contribution in [0.25, 0.3) is 0 Å². The molecule has 0 bridgehead atoms. The third-order valence-electron chi connectivity index (χ3n) is 9.52. The zero-order valence-electron chi connectivity index (χ0n) is 36.3. The third kappa shape index (κ3) is 17.7. The van der Waals surface area contributed by atoms with Crippen molar-refractivity contribution in [2.24, 2.45) is 0 Å². The Morgan fingerprint density at radius 1 is 0.400 bits per heavy atom. The van der Waals surface area contributed by atoms with Gasteiger partial charge >= 0.3 is 5.97 Å². The smallest absolute Gasteiger partial charge is 0.306 e. The second kappa shape index (κ2) is 21.5. The minimum atomic E-state index is -0.186. The first-order valence-electron chi connectivity index (χ1n) is 20.1.